The lowest BCUT2D eigenvalue weighted by molar-refractivity contribution is -0.115. The van der Waals surface area contributed by atoms with Crippen molar-refractivity contribution in [1.29, 1.82) is 0 Å². The summed E-state index contributed by atoms with van der Waals surface area (Å²) >= 11 is 6.27. The summed E-state index contributed by atoms with van der Waals surface area (Å²) in [5.74, 6) is -1.62. The van der Waals surface area contributed by atoms with Crippen LogP contribution in [0.15, 0.2) is 71.8 Å². The van der Waals surface area contributed by atoms with Crippen LogP contribution < -0.4 is 10.6 Å². The van der Waals surface area contributed by atoms with Gasteiger partial charge in [-0.2, -0.15) is 0 Å². The predicted octanol–water partition coefficient (Wildman–Crippen LogP) is 4.90. The largest absolute Gasteiger partial charge is 0.506 e. The Balaban J connectivity index is 1.51. The minimum Gasteiger partial charge on any atom is -0.506 e. The molecule has 0 saturated carbocycles. The smallest absolute Gasteiger partial charge is 0.255 e. The molecular formula is C26H24ClN3O5S. The number of aromatic nitrogens is 1. The van der Waals surface area contributed by atoms with E-state index < -0.39 is 26.9 Å². The van der Waals surface area contributed by atoms with Gasteiger partial charge in [-0.05, 0) is 56.3 Å². The number of sulfone groups is 1. The van der Waals surface area contributed by atoms with Crippen LogP contribution in [0.2, 0.25) is 5.02 Å². The summed E-state index contributed by atoms with van der Waals surface area (Å²) in [5.41, 5.74) is 2.30. The Morgan fingerprint density at radius 3 is 2.36 bits per heavy atom. The van der Waals surface area contributed by atoms with Gasteiger partial charge in [0, 0.05) is 35.8 Å². The summed E-state index contributed by atoms with van der Waals surface area (Å²) in [5, 5.41) is 14.7. The van der Waals surface area contributed by atoms with E-state index in [4.69, 9.17) is 11.6 Å². The van der Waals surface area contributed by atoms with Crippen molar-refractivity contribution in [2.45, 2.75) is 24.0 Å². The zero-order chi connectivity index (χ0) is 26.2. The molecule has 0 radical (unpaired) electrons. The van der Waals surface area contributed by atoms with E-state index in [1.54, 1.807) is 36.4 Å². The van der Waals surface area contributed by atoms with Crippen LogP contribution >= 0.6 is 11.6 Å². The molecule has 0 fully saturated rings. The van der Waals surface area contributed by atoms with Gasteiger partial charge in [0.1, 0.15) is 11.0 Å². The van der Waals surface area contributed by atoms with Crippen LogP contribution in [0, 0.1) is 6.92 Å². The molecule has 1 heterocycles. The second-order valence-corrected chi connectivity index (χ2v) is 11.2. The van der Waals surface area contributed by atoms with Gasteiger partial charge in [-0.1, -0.05) is 29.3 Å². The number of aromatic hydroxyl groups is 1. The number of carbonyl (C=O) groups is 2. The number of nitrogens with zero attached hydrogens (tertiary/aromatic N) is 1. The first-order chi connectivity index (χ1) is 17.0. The zero-order valence-corrected chi connectivity index (χ0v) is 21.3. The van der Waals surface area contributed by atoms with E-state index in [-0.39, 0.29) is 27.0 Å². The molecular weight excluding hydrogens is 502 g/mol. The third-order valence-electron chi connectivity index (χ3n) is 5.93. The number of halogens is 1. The number of anilines is 2. The first-order valence-corrected chi connectivity index (χ1v) is 12.9. The number of nitrogens with one attached hydrogen (secondary N) is 2. The SMILES string of the molecule is Cc1ccc(C(=O)Nc2cc(Cl)c(NC(=O)C(C)S(=O)(=O)c3ccc4c(ccn4C)c3)cc2O)cc1. The quantitative estimate of drug-likeness (QED) is 0.309. The normalized spacial score (nSPS) is 12.3. The Bertz CT molecular complexity index is 1590. The third kappa shape index (κ3) is 4.93. The minimum absolute atomic E-state index is 0.00747. The molecule has 1 aromatic heterocycles. The van der Waals surface area contributed by atoms with E-state index in [0.29, 0.717) is 5.56 Å². The van der Waals surface area contributed by atoms with Crippen molar-refractivity contribution in [3.8, 4) is 5.75 Å². The first-order valence-electron chi connectivity index (χ1n) is 11.0. The van der Waals surface area contributed by atoms with Crippen molar-refractivity contribution in [3.63, 3.8) is 0 Å². The fraction of sp³-hybridized carbons (Fsp3) is 0.154. The molecule has 4 aromatic rings. The number of phenols is 1. The molecule has 2 amide bonds. The number of fused-ring (bicyclic) bond motifs is 1. The van der Waals surface area contributed by atoms with Crippen LogP contribution in [-0.4, -0.2) is 35.2 Å². The van der Waals surface area contributed by atoms with Crippen molar-refractivity contribution in [2.24, 2.45) is 7.05 Å². The summed E-state index contributed by atoms with van der Waals surface area (Å²) in [4.78, 5) is 25.3. The van der Waals surface area contributed by atoms with Crippen molar-refractivity contribution in [2.75, 3.05) is 10.6 Å². The number of carbonyl (C=O) groups excluding carboxylic acids is 2. The highest BCUT2D eigenvalue weighted by molar-refractivity contribution is 7.92. The molecule has 4 rings (SSSR count). The molecule has 186 valence electrons. The molecule has 8 nitrogen and oxygen atoms in total. The number of amides is 2. The number of phenolic OH excluding ortho intramolecular Hbond substituents is 1. The molecule has 1 atom stereocenters. The van der Waals surface area contributed by atoms with Crippen LogP contribution in [0.1, 0.15) is 22.8 Å². The summed E-state index contributed by atoms with van der Waals surface area (Å²) < 4.78 is 28.1. The maximum Gasteiger partial charge on any atom is 0.255 e. The highest BCUT2D eigenvalue weighted by Crippen LogP contribution is 2.34. The van der Waals surface area contributed by atoms with Crippen molar-refractivity contribution in [3.05, 3.63) is 83.0 Å². The van der Waals surface area contributed by atoms with Crippen molar-refractivity contribution < 1.29 is 23.1 Å². The molecule has 0 aliphatic rings. The standard InChI is InChI=1S/C26H24ClN3O5S/c1-15-4-6-17(7-5-15)26(33)29-22-13-20(27)21(14-24(22)31)28-25(32)16(2)36(34,35)19-8-9-23-18(12-19)10-11-30(23)3/h4-14,16,31H,1-3H3,(H,28,32)(H,29,33). The molecule has 0 aliphatic heterocycles. The van der Waals surface area contributed by atoms with Crippen LogP contribution in [0.5, 0.6) is 5.75 Å². The Morgan fingerprint density at radius 1 is 0.972 bits per heavy atom. The number of hydrogen-bond donors (Lipinski definition) is 3. The maximum atomic E-state index is 13.1. The van der Waals surface area contributed by atoms with Crippen LogP contribution in [0.3, 0.4) is 0 Å². The van der Waals surface area contributed by atoms with Gasteiger partial charge in [0.15, 0.2) is 9.84 Å². The van der Waals surface area contributed by atoms with Gasteiger partial charge in [0.2, 0.25) is 5.91 Å². The number of benzene rings is 3. The van der Waals surface area contributed by atoms with Crippen molar-refractivity contribution in [1.82, 2.24) is 4.57 Å². The van der Waals surface area contributed by atoms with Crippen LogP contribution in [-0.2, 0) is 21.7 Å². The van der Waals surface area contributed by atoms with E-state index >= 15 is 0 Å². The molecule has 0 saturated heterocycles. The highest BCUT2D eigenvalue weighted by atomic mass is 35.5. The third-order valence-corrected chi connectivity index (χ3v) is 8.29. The van der Waals surface area contributed by atoms with Gasteiger partial charge in [-0.3, -0.25) is 9.59 Å². The van der Waals surface area contributed by atoms with Crippen molar-refractivity contribution >= 4 is 55.5 Å². The lowest BCUT2D eigenvalue weighted by Crippen LogP contribution is -2.32. The van der Waals surface area contributed by atoms with Gasteiger partial charge in [-0.25, -0.2) is 8.42 Å². The maximum absolute atomic E-state index is 13.1. The highest BCUT2D eigenvalue weighted by Gasteiger charge is 2.30. The van der Waals surface area contributed by atoms with E-state index in [1.807, 2.05) is 24.7 Å². The number of rotatable bonds is 6. The molecule has 0 spiro atoms. The van der Waals surface area contributed by atoms with Gasteiger partial charge in [0.05, 0.1) is 21.3 Å². The fourth-order valence-corrected chi connectivity index (χ4v) is 5.18. The van der Waals surface area contributed by atoms with Gasteiger partial charge in [-0.15, -0.1) is 0 Å². The topological polar surface area (TPSA) is 118 Å². The number of hydrogen-bond acceptors (Lipinski definition) is 5. The van der Waals surface area contributed by atoms with Gasteiger partial charge < -0.3 is 20.3 Å². The van der Waals surface area contributed by atoms with E-state index in [9.17, 15) is 23.1 Å². The summed E-state index contributed by atoms with van der Waals surface area (Å²) in [6.07, 6.45) is 1.82. The predicted molar refractivity (Wildman–Crippen MR) is 140 cm³/mol. The second kappa shape index (κ2) is 9.67. The Morgan fingerprint density at radius 2 is 1.67 bits per heavy atom. The summed E-state index contributed by atoms with van der Waals surface area (Å²) in [6, 6.07) is 15.8. The van der Waals surface area contributed by atoms with E-state index in [1.165, 1.54) is 25.1 Å². The molecule has 3 N–H and O–H groups in total. The van der Waals surface area contributed by atoms with Crippen LogP contribution in [0.25, 0.3) is 10.9 Å². The molecule has 0 bridgehead atoms. The molecule has 36 heavy (non-hydrogen) atoms. The minimum atomic E-state index is -4.01. The number of aryl methyl sites for hydroxylation is 2. The van der Waals surface area contributed by atoms with Gasteiger partial charge >= 0.3 is 0 Å². The average molecular weight is 526 g/mol. The zero-order valence-electron chi connectivity index (χ0n) is 19.7. The molecule has 0 aliphatic carbocycles. The first kappa shape index (κ1) is 25.3. The fourth-order valence-electron chi connectivity index (χ4n) is 3.67. The molecule has 3 aromatic carbocycles. The summed E-state index contributed by atoms with van der Waals surface area (Å²) in [7, 11) is -2.15. The Kier molecular flexibility index (Phi) is 6.79. The van der Waals surface area contributed by atoms with Gasteiger partial charge in [0.25, 0.3) is 5.91 Å². The lowest BCUT2D eigenvalue weighted by atomic mass is 10.1. The Hall–Kier alpha value is -3.82. The Labute approximate surface area is 213 Å². The summed E-state index contributed by atoms with van der Waals surface area (Å²) in [6.45, 7) is 3.18. The lowest BCUT2D eigenvalue weighted by Gasteiger charge is -2.16. The van der Waals surface area contributed by atoms with Crippen LogP contribution in [0.4, 0.5) is 11.4 Å². The molecule has 10 heteroatoms. The monoisotopic (exact) mass is 525 g/mol. The van der Waals surface area contributed by atoms with E-state index in [2.05, 4.69) is 10.6 Å². The second-order valence-electron chi connectivity index (χ2n) is 8.49. The molecule has 1 unspecified atom stereocenters. The average Bonchev–Trinajstić information content (AvgIpc) is 3.22. The van der Waals surface area contributed by atoms with E-state index in [0.717, 1.165) is 22.5 Å².